The molecule has 2 aliphatic rings. The van der Waals surface area contributed by atoms with E-state index in [9.17, 15) is 0 Å². The molecule has 1 aliphatic heterocycles. The SMILES string of the molecule is COc1cc(OC)c(Cl)c(-c2cc3cnc(NC4CCOC4)cc3c(NCC3CCCC3)n2)c1Cl. The van der Waals surface area contributed by atoms with E-state index in [-0.39, 0.29) is 6.04 Å². The molecule has 0 spiro atoms. The van der Waals surface area contributed by atoms with Crippen molar-refractivity contribution in [2.24, 2.45) is 5.92 Å². The molecule has 2 aromatic heterocycles. The van der Waals surface area contributed by atoms with Crippen LogP contribution in [0.2, 0.25) is 10.0 Å². The molecule has 1 unspecified atom stereocenters. The quantitative estimate of drug-likeness (QED) is 0.357. The Labute approximate surface area is 215 Å². The summed E-state index contributed by atoms with van der Waals surface area (Å²) in [5, 5.41) is 9.81. The van der Waals surface area contributed by atoms with Gasteiger partial charge in [-0.3, -0.25) is 0 Å². The van der Waals surface area contributed by atoms with Crippen LogP contribution in [0.15, 0.2) is 24.4 Å². The van der Waals surface area contributed by atoms with Crippen molar-refractivity contribution in [1.29, 1.82) is 0 Å². The minimum Gasteiger partial charge on any atom is -0.495 e. The van der Waals surface area contributed by atoms with Crippen LogP contribution in [0.3, 0.4) is 0 Å². The Bertz CT molecular complexity index is 1180. The second-order valence-corrected chi connectivity index (χ2v) is 9.92. The van der Waals surface area contributed by atoms with Crippen LogP contribution in [-0.4, -0.2) is 50.0 Å². The third-order valence-corrected chi connectivity index (χ3v) is 7.61. The van der Waals surface area contributed by atoms with Gasteiger partial charge in [0.05, 0.1) is 42.6 Å². The zero-order valence-electron chi connectivity index (χ0n) is 20.0. The number of pyridine rings is 2. The molecule has 1 aliphatic carbocycles. The molecule has 0 radical (unpaired) electrons. The maximum absolute atomic E-state index is 6.72. The van der Waals surface area contributed by atoms with Crippen molar-refractivity contribution in [2.45, 2.75) is 38.1 Å². The molecule has 5 rings (SSSR count). The first-order valence-corrected chi connectivity index (χ1v) is 12.8. The standard InChI is InChI=1S/C26H30Cl2N4O3/c1-33-20-11-21(34-2)25(28)23(24(20)27)19-9-16-13-29-22(31-17-7-8-35-14-17)10-18(16)26(32-19)30-12-15-5-3-4-6-15/h9-11,13,15,17H,3-8,12,14H2,1-2H3,(H,29,31)(H,30,32). The highest BCUT2D eigenvalue weighted by Gasteiger charge is 2.22. The molecule has 3 aromatic rings. The van der Waals surface area contributed by atoms with Crippen molar-refractivity contribution < 1.29 is 14.2 Å². The number of rotatable bonds is 8. The van der Waals surface area contributed by atoms with Crippen molar-refractivity contribution in [1.82, 2.24) is 9.97 Å². The van der Waals surface area contributed by atoms with Crippen LogP contribution < -0.4 is 20.1 Å². The van der Waals surface area contributed by atoms with Gasteiger partial charge in [-0.05, 0) is 37.3 Å². The molecule has 0 amide bonds. The summed E-state index contributed by atoms with van der Waals surface area (Å²) in [5.74, 6) is 3.19. The zero-order valence-corrected chi connectivity index (χ0v) is 21.5. The Morgan fingerprint density at radius 2 is 1.77 bits per heavy atom. The number of nitrogens with zero attached hydrogens (tertiary/aromatic N) is 2. The van der Waals surface area contributed by atoms with Crippen molar-refractivity contribution in [3.8, 4) is 22.8 Å². The summed E-state index contributed by atoms with van der Waals surface area (Å²) in [5.41, 5.74) is 1.20. The average Bonchev–Trinajstić information content (AvgIpc) is 3.57. The first kappa shape index (κ1) is 24.2. The Hall–Kier alpha value is -2.48. The van der Waals surface area contributed by atoms with Crippen LogP contribution in [-0.2, 0) is 4.74 Å². The van der Waals surface area contributed by atoms with E-state index in [4.69, 9.17) is 42.4 Å². The molecule has 1 saturated heterocycles. The lowest BCUT2D eigenvalue weighted by Crippen LogP contribution is -2.19. The topological polar surface area (TPSA) is 77.5 Å². The van der Waals surface area contributed by atoms with E-state index < -0.39 is 0 Å². The van der Waals surface area contributed by atoms with Gasteiger partial charge in [0.1, 0.15) is 23.1 Å². The number of anilines is 2. The predicted molar refractivity (Wildman–Crippen MR) is 141 cm³/mol. The summed E-state index contributed by atoms with van der Waals surface area (Å²) >= 11 is 13.4. The maximum Gasteiger partial charge on any atom is 0.141 e. The van der Waals surface area contributed by atoms with Crippen molar-refractivity contribution >= 4 is 45.6 Å². The largest absolute Gasteiger partial charge is 0.495 e. The molecule has 0 bridgehead atoms. The summed E-state index contributed by atoms with van der Waals surface area (Å²) < 4.78 is 16.4. The van der Waals surface area contributed by atoms with Crippen LogP contribution in [0.4, 0.5) is 11.6 Å². The highest BCUT2D eigenvalue weighted by molar-refractivity contribution is 6.41. The normalized spacial score (nSPS) is 18.2. The van der Waals surface area contributed by atoms with Gasteiger partial charge in [-0.15, -0.1) is 0 Å². The van der Waals surface area contributed by atoms with Crippen molar-refractivity contribution in [2.75, 3.05) is 44.6 Å². The van der Waals surface area contributed by atoms with Crippen LogP contribution in [0.25, 0.3) is 22.0 Å². The average molecular weight is 517 g/mol. The van der Waals surface area contributed by atoms with Gasteiger partial charge < -0.3 is 24.8 Å². The van der Waals surface area contributed by atoms with Crippen LogP contribution in [0, 0.1) is 5.92 Å². The van der Waals surface area contributed by atoms with E-state index in [0.717, 1.165) is 42.0 Å². The van der Waals surface area contributed by atoms with Crippen molar-refractivity contribution in [3.63, 3.8) is 0 Å². The minimum atomic E-state index is 0.268. The Morgan fingerprint density at radius 1 is 1.03 bits per heavy atom. The first-order valence-electron chi connectivity index (χ1n) is 12.1. The number of aromatic nitrogens is 2. The van der Waals surface area contributed by atoms with E-state index in [1.807, 2.05) is 12.3 Å². The second-order valence-electron chi connectivity index (χ2n) is 9.17. The van der Waals surface area contributed by atoms with Gasteiger partial charge in [0.15, 0.2) is 0 Å². The smallest absolute Gasteiger partial charge is 0.141 e. The summed E-state index contributed by atoms with van der Waals surface area (Å²) in [4.78, 5) is 9.66. The lowest BCUT2D eigenvalue weighted by molar-refractivity contribution is 0.195. The fourth-order valence-corrected chi connectivity index (χ4v) is 5.61. The molecular weight excluding hydrogens is 487 g/mol. The van der Waals surface area contributed by atoms with Crippen LogP contribution in [0.1, 0.15) is 32.1 Å². The fraction of sp³-hybridized carbons (Fsp3) is 0.462. The number of nitrogens with one attached hydrogen (secondary N) is 2. The van der Waals surface area contributed by atoms with Crippen LogP contribution >= 0.6 is 23.2 Å². The number of ether oxygens (including phenoxy) is 3. The summed E-state index contributed by atoms with van der Waals surface area (Å²) in [6, 6.07) is 5.96. The first-order chi connectivity index (χ1) is 17.1. The molecule has 1 atom stereocenters. The van der Waals surface area contributed by atoms with E-state index in [0.29, 0.717) is 45.3 Å². The second kappa shape index (κ2) is 10.6. The maximum atomic E-state index is 6.72. The van der Waals surface area contributed by atoms with Crippen LogP contribution in [0.5, 0.6) is 11.5 Å². The highest BCUT2D eigenvalue weighted by atomic mass is 35.5. The lowest BCUT2D eigenvalue weighted by atomic mass is 10.1. The monoisotopic (exact) mass is 516 g/mol. The van der Waals surface area contributed by atoms with Gasteiger partial charge >= 0.3 is 0 Å². The molecule has 1 saturated carbocycles. The molecule has 1 aromatic carbocycles. The minimum absolute atomic E-state index is 0.268. The van der Waals surface area contributed by atoms with Crippen molar-refractivity contribution in [3.05, 3.63) is 34.4 Å². The van der Waals surface area contributed by atoms with E-state index in [2.05, 4.69) is 21.7 Å². The molecule has 186 valence electrons. The number of hydrogen-bond acceptors (Lipinski definition) is 7. The molecule has 35 heavy (non-hydrogen) atoms. The molecule has 7 nitrogen and oxygen atoms in total. The lowest BCUT2D eigenvalue weighted by Gasteiger charge is -2.18. The van der Waals surface area contributed by atoms with E-state index in [1.54, 1.807) is 20.3 Å². The molecular formula is C26H30Cl2N4O3. The Kier molecular flexibility index (Phi) is 7.37. The third-order valence-electron chi connectivity index (χ3n) is 6.86. The molecule has 9 heteroatoms. The number of benzene rings is 1. The van der Waals surface area contributed by atoms with Gasteiger partial charge in [0, 0.05) is 41.8 Å². The summed E-state index contributed by atoms with van der Waals surface area (Å²) in [6.45, 7) is 2.34. The number of fused-ring (bicyclic) bond motifs is 1. The summed E-state index contributed by atoms with van der Waals surface area (Å²) in [6.07, 6.45) is 7.89. The van der Waals surface area contributed by atoms with E-state index in [1.165, 1.54) is 25.7 Å². The predicted octanol–water partition coefficient (Wildman–Crippen LogP) is 6.42. The van der Waals surface area contributed by atoms with E-state index >= 15 is 0 Å². The number of methoxy groups -OCH3 is 2. The highest BCUT2D eigenvalue weighted by Crippen LogP contribution is 2.46. The molecule has 3 heterocycles. The van der Waals surface area contributed by atoms with Gasteiger partial charge in [0.2, 0.25) is 0 Å². The number of hydrogen-bond donors (Lipinski definition) is 2. The van der Waals surface area contributed by atoms with Gasteiger partial charge in [-0.25, -0.2) is 9.97 Å². The van der Waals surface area contributed by atoms with Gasteiger partial charge in [-0.2, -0.15) is 0 Å². The van der Waals surface area contributed by atoms with Gasteiger partial charge in [0.25, 0.3) is 0 Å². The molecule has 2 N–H and O–H groups in total. The van der Waals surface area contributed by atoms with Gasteiger partial charge in [-0.1, -0.05) is 36.0 Å². The third kappa shape index (κ3) is 5.08. The fourth-order valence-electron chi connectivity index (χ4n) is 4.91. The summed E-state index contributed by atoms with van der Waals surface area (Å²) in [7, 11) is 3.13. The Morgan fingerprint density at radius 3 is 2.43 bits per heavy atom. The zero-order chi connectivity index (χ0) is 24.4. The molecule has 2 fully saturated rings. The number of halogens is 2. The Balaban J connectivity index is 1.59.